The number of benzene rings is 2. The lowest BCUT2D eigenvalue weighted by atomic mass is 10.1. The first-order valence-electron chi connectivity index (χ1n) is 9.89. The maximum absolute atomic E-state index is 12.6. The Morgan fingerprint density at radius 1 is 1.03 bits per heavy atom. The Kier molecular flexibility index (Phi) is 7.87. The first kappa shape index (κ1) is 21.9. The molecule has 1 aromatic heterocycles. The second-order valence-corrected chi connectivity index (χ2v) is 9.07. The van der Waals surface area contributed by atoms with Crippen LogP contribution in [0.3, 0.4) is 0 Å². The van der Waals surface area contributed by atoms with E-state index in [1.807, 2.05) is 42.5 Å². The highest BCUT2D eigenvalue weighted by molar-refractivity contribution is 7.91. The SMILES string of the molecule is CC(CCC=CCS(=O)(=O)c1nnnn1-c1ccccc1)COCc1ccccc1. The Hall–Kier alpha value is -2.84. The Labute approximate surface area is 177 Å². The second-order valence-electron chi connectivity index (χ2n) is 7.14. The van der Waals surface area contributed by atoms with Crippen molar-refractivity contribution in [2.24, 2.45) is 5.92 Å². The van der Waals surface area contributed by atoms with Gasteiger partial charge in [0.2, 0.25) is 9.84 Å². The molecule has 0 spiro atoms. The fraction of sp³-hybridized carbons (Fsp3) is 0.318. The van der Waals surface area contributed by atoms with Crippen molar-refractivity contribution in [3.05, 3.63) is 78.4 Å². The third kappa shape index (κ3) is 6.33. The summed E-state index contributed by atoms with van der Waals surface area (Å²) < 4.78 is 32.2. The smallest absolute Gasteiger partial charge is 0.272 e. The minimum atomic E-state index is -3.63. The van der Waals surface area contributed by atoms with Gasteiger partial charge in [0.15, 0.2) is 0 Å². The molecular weight excluding hydrogens is 400 g/mol. The minimum Gasteiger partial charge on any atom is -0.376 e. The first-order valence-corrected chi connectivity index (χ1v) is 11.5. The normalized spacial score (nSPS) is 13.0. The monoisotopic (exact) mass is 426 g/mol. The molecule has 0 amide bonds. The third-order valence-corrected chi connectivity index (χ3v) is 5.98. The van der Waals surface area contributed by atoms with Crippen molar-refractivity contribution in [2.75, 3.05) is 12.4 Å². The topological polar surface area (TPSA) is 87.0 Å². The molecule has 0 fully saturated rings. The van der Waals surface area contributed by atoms with Crippen LogP contribution < -0.4 is 0 Å². The minimum absolute atomic E-state index is 0.140. The van der Waals surface area contributed by atoms with E-state index in [4.69, 9.17) is 4.74 Å². The van der Waals surface area contributed by atoms with Crippen LogP contribution in [0.25, 0.3) is 5.69 Å². The van der Waals surface area contributed by atoms with E-state index in [1.54, 1.807) is 30.3 Å². The summed E-state index contributed by atoms with van der Waals surface area (Å²) in [6.07, 6.45) is 5.26. The number of sulfone groups is 1. The summed E-state index contributed by atoms with van der Waals surface area (Å²) in [4.78, 5) is 0. The maximum Gasteiger partial charge on any atom is 0.272 e. The number of hydrogen-bond acceptors (Lipinski definition) is 6. The third-order valence-electron chi connectivity index (χ3n) is 4.54. The molecular formula is C22H26N4O3S. The van der Waals surface area contributed by atoms with E-state index in [1.165, 1.54) is 4.68 Å². The fourth-order valence-electron chi connectivity index (χ4n) is 2.91. The zero-order valence-corrected chi connectivity index (χ0v) is 17.8. The van der Waals surface area contributed by atoms with Crippen LogP contribution in [-0.2, 0) is 21.2 Å². The molecule has 0 aliphatic heterocycles. The van der Waals surface area contributed by atoms with Gasteiger partial charge in [-0.05, 0) is 46.9 Å². The van der Waals surface area contributed by atoms with Crippen LogP contribution in [0.5, 0.6) is 0 Å². The maximum atomic E-state index is 12.6. The summed E-state index contributed by atoms with van der Waals surface area (Å²) in [6.45, 7) is 3.41. The highest BCUT2D eigenvalue weighted by atomic mass is 32.2. The Morgan fingerprint density at radius 2 is 1.73 bits per heavy atom. The first-order chi connectivity index (χ1) is 14.6. The number of para-hydroxylation sites is 1. The van der Waals surface area contributed by atoms with Gasteiger partial charge in [-0.25, -0.2) is 8.42 Å². The van der Waals surface area contributed by atoms with Crippen molar-refractivity contribution in [2.45, 2.75) is 31.5 Å². The number of tetrazole rings is 1. The van der Waals surface area contributed by atoms with Gasteiger partial charge in [-0.15, -0.1) is 0 Å². The van der Waals surface area contributed by atoms with E-state index >= 15 is 0 Å². The zero-order chi connectivity index (χ0) is 21.2. The molecule has 158 valence electrons. The van der Waals surface area contributed by atoms with Crippen molar-refractivity contribution >= 4 is 9.84 Å². The molecule has 0 aliphatic carbocycles. The van der Waals surface area contributed by atoms with Gasteiger partial charge in [-0.2, -0.15) is 4.68 Å². The zero-order valence-electron chi connectivity index (χ0n) is 17.0. The van der Waals surface area contributed by atoms with Gasteiger partial charge in [0.1, 0.15) is 0 Å². The summed E-state index contributed by atoms with van der Waals surface area (Å²) in [7, 11) is -3.63. The second kappa shape index (κ2) is 10.8. The summed E-state index contributed by atoms with van der Waals surface area (Å²) >= 11 is 0. The number of nitrogens with zero attached hydrogens (tertiary/aromatic N) is 4. The van der Waals surface area contributed by atoms with Crippen LogP contribution >= 0.6 is 0 Å². The summed E-state index contributed by atoms with van der Waals surface area (Å²) in [5, 5.41) is 10.9. The molecule has 3 rings (SSSR count). The predicted molar refractivity (Wildman–Crippen MR) is 115 cm³/mol. The van der Waals surface area contributed by atoms with Gasteiger partial charge in [-0.1, -0.05) is 72.7 Å². The van der Waals surface area contributed by atoms with Crippen LogP contribution in [-0.4, -0.2) is 41.0 Å². The van der Waals surface area contributed by atoms with Crippen LogP contribution in [0.1, 0.15) is 25.3 Å². The van der Waals surface area contributed by atoms with Crippen molar-refractivity contribution in [1.82, 2.24) is 20.2 Å². The van der Waals surface area contributed by atoms with Crippen molar-refractivity contribution in [1.29, 1.82) is 0 Å². The van der Waals surface area contributed by atoms with Gasteiger partial charge < -0.3 is 4.74 Å². The molecule has 3 aromatic rings. The van der Waals surface area contributed by atoms with Gasteiger partial charge in [0.05, 0.1) is 18.0 Å². The Bertz CT molecular complexity index is 1030. The largest absolute Gasteiger partial charge is 0.376 e. The molecule has 7 nitrogen and oxygen atoms in total. The lowest BCUT2D eigenvalue weighted by molar-refractivity contribution is 0.0899. The number of hydrogen-bond donors (Lipinski definition) is 0. The van der Waals surface area contributed by atoms with Crippen LogP contribution in [0.2, 0.25) is 0 Å². The molecule has 0 N–H and O–H groups in total. The van der Waals surface area contributed by atoms with Crippen LogP contribution in [0.4, 0.5) is 0 Å². The van der Waals surface area contributed by atoms with E-state index in [2.05, 4.69) is 22.4 Å². The number of ether oxygens (including phenoxy) is 1. The van der Waals surface area contributed by atoms with Crippen molar-refractivity contribution < 1.29 is 13.2 Å². The van der Waals surface area contributed by atoms with E-state index in [-0.39, 0.29) is 10.9 Å². The van der Waals surface area contributed by atoms with E-state index in [0.717, 1.165) is 18.4 Å². The molecule has 0 saturated heterocycles. The molecule has 1 atom stereocenters. The molecule has 2 aromatic carbocycles. The van der Waals surface area contributed by atoms with Gasteiger partial charge in [0.25, 0.3) is 5.16 Å². The highest BCUT2D eigenvalue weighted by Crippen LogP contribution is 2.14. The summed E-state index contributed by atoms with van der Waals surface area (Å²) in [5.41, 5.74) is 1.77. The average Bonchev–Trinajstić information content (AvgIpc) is 3.26. The molecule has 0 aliphatic rings. The lowest BCUT2D eigenvalue weighted by Gasteiger charge is -2.10. The predicted octanol–water partition coefficient (Wildman–Crippen LogP) is 3.63. The van der Waals surface area contributed by atoms with E-state index < -0.39 is 9.84 Å². The van der Waals surface area contributed by atoms with Gasteiger partial charge >= 0.3 is 0 Å². The summed E-state index contributed by atoms with van der Waals surface area (Å²) in [5.74, 6) is 0.249. The fourth-order valence-corrected chi connectivity index (χ4v) is 4.01. The molecule has 30 heavy (non-hydrogen) atoms. The standard InChI is InChI=1S/C22H26N4O3S/c1-19(17-29-18-20-12-6-2-7-13-20)11-5-4-10-16-30(27,28)22-23-24-25-26(22)21-14-8-3-9-15-21/h2-4,6-10,12-15,19H,5,11,16-18H2,1H3. The molecule has 0 saturated carbocycles. The lowest BCUT2D eigenvalue weighted by Crippen LogP contribution is -2.13. The van der Waals surface area contributed by atoms with E-state index in [9.17, 15) is 8.42 Å². The Morgan fingerprint density at radius 3 is 2.47 bits per heavy atom. The number of aromatic nitrogens is 4. The molecule has 0 bridgehead atoms. The van der Waals surface area contributed by atoms with E-state index in [0.29, 0.717) is 24.8 Å². The Balaban J connectivity index is 1.43. The quantitative estimate of drug-likeness (QED) is 0.435. The average molecular weight is 427 g/mol. The number of allylic oxidation sites excluding steroid dienone is 1. The van der Waals surface area contributed by atoms with Crippen molar-refractivity contribution in [3.63, 3.8) is 0 Å². The molecule has 1 heterocycles. The van der Waals surface area contributed by atoms with Crippen molar-refractivity contribution in [3.8, 4) is 5.69 Å². The van der Waals surface area contributed by atoms with Crippen LogP contribution in [0.15, 0.2) is 78.0 Å². The molecule has 0 radical (unpaired) electrons. The van der Waals surface area contributed by atoms with Gasteiger partial charge in [-0.3, -0.25) is 0 Å². The summed E-state index contributed by atoms with van der Waals surface area (Å²) in [6, 6.07) is 19.0. The highest BCUT2D eigenvalue weighted by Gasteiger charge is 2.22. The van der Waals surface area contributed by atoms with Crippen LogP contribution in [0, 0.1) is 5.92 Å². The molecule has 1 unspecified atom stereocenters. The molecule has 8 heteroatoms. The van der Waals surface area contributed by atoms with Gasteiger partial charge in [0, 0.05) is 6.61 Å². The number of rotatable bonds is 11.